The Balaban J connectivity index is 1.76. The lowest BCUT2D eigenvalue weighted by Crippen LogP contribution is -2.37. The van der Waals surface area contributed by atoms with Crippen molar-refractivity contribution in [2.75, 3.05) is 34.8 Å². The summed E-state index contributed by atoms with van der Waals surface area (Å²) in [7, 11) is -2.75. The predicted molar refractivity (Wildman–Crippen MR) is 150 cm³/mol. The van der Waals surface area contributed by atoms with Gasteiger partial charge in [0.15, 0.2) is 0 Å². The van der Waals surface area contributed by atoms with E-state index in [1.165, 1.54) is 25.3 Å². The number of sulfonamides is 1. The van der Waals surface area contributed by atoms with Gasteiger partial charge < -0.3 is 15.4 Å². The van der Waals surface area contributed by atoms with E-state index in [-0.39, 0.29) is 28.4 Å². The molecule has 12 heteroatoms. The molecular formula is C27H30N4O7S. The fourth-order valence-electron chi connectivity index (χ4n) is 3.70. The van der Waals surface area contributed by atoms with Crippen LogP contribution >= 0.6 is 0 Å². The van der Waals surface area contributed by atoms with Crippen LogP contribution in [0.2, 0.25) is 0 Å². The van der Waals surface area contributed by atoms with Crippen LogP contribution in [-0.2, 0) is 20.2 Å². The molecule has 0 spiro atoms. The number of non-ortho nitro benzene ring substituents is 1. The molecule has 206 valence electrons. The van der Waals surface area contributed by atoms with Crippen LogP contribution in [0, 0.1) is 10.1 Å². The summed E-state index contributed by atoms with van der Waals surface area (Å²) >= 11 is 0. The molecule has 3 aromatic rings. The maximum atomic E-state index is 12.8. The largest absolute Gasteiger partial charge is 0.495 e. The van der Waals surface area contributed by atoms with Gasteiger partial charge in [-0.3, -0.25) is 24.0 Å². The van der Waals surface area contributed by atoms with E-state index in [1.807, 2.05) is 12.1 Å². The molecule has 0 aliphatic heterocycles. The number of benzene rings is 3. The predicted octanol–water partition coefficient (Wildman–Crippen LogP) is 4.56. The number of nitro groups is 1. The standard InChI is InChI=1S/C27H30N4O7S/c1-27(2,3)19-11-9-18(10-12-19)26(33)29-21-8-6-7-20(15-21)28-25(32)17-30(39(5,36)37)23-16-22(31(34)35)13-14-24(23)38-4/h6-16H,17H2,1-5H3,(H,28,32)(H,29,33). The van der Waals surface area contributed by atoms with Crippen molar-refractivity contribution in [2.24, 2.45) is 0 Å². The molecule has 0 saturated carbocycles. The Morgan fingerprint density at radius 3 is 2.13 bits per heavy atom. The Morgan fingerprint density at radius 2 is 1.59 bits per heavy atom. The van der Waals surface area contributed by atoms with Crippen LogP contribution in [0.1, 0.15) is 36.7 Å². The second kappa shape index (κ2) is 11.5. The highest BCUT2D eigenvalue weighted by atomic mass is 32.2. The first kappa shape index (κ1) is 29.1. The molecule has 3 rings (SSSR count). The molecule has 0 saturated heterocycles. The van der Waals surface area contributed by atoms with Crippen molar-refractivity contribution in [3.05, 3.63) is 88.0 Å². The van der Waals surface area contributed by atoms with Gasteiger partial charge in [-0.05, 0) is 47.4 Å². The first-order chi connectivity index (χ1) is 18.2. The molecule has 0 aromatic heterocycles. The second-order valence-corrected chi connectivity index (χ2v) is 11.7. The van der Waals surface area contributed by atoms with Crippen LogP contribution in [-0.4, -0.2) is 45.1 Å². The van der Waals surface area contributed by atoms with Crippen molar-refractivity contribution in [3.63, 3.8) is 0 Å². The van der Waals surface area contributed by atoms with Crippen molar-refractivity contribution in [1.29, 1.82) is 0 Å². The minimum atomic E-state index is -4.03. The van der Waals surface area contributed by atoms with Crippen LogP contribution in [0.15, 0.2) is 66.7 Å². The van der Waals surface area contributed by atoms with Crippen LogP contribution in [0.4, 0.5) is 22.7 Å². The summed E-state index contributed by atoms with van der Waals surface area (Å²) in [5.74, 6) is -1.01. The van der Waals surface area contributed by atoms with E-state index in [0.29, 0.717) is 16.9 Å². The number of anilines is 3. The van der Waals surface area contributed by atoms with Gasteiger partial charge in [0.25, 0.3) is 11.6 Å². The summed E-state index contributed by atoms with van der Waals surface area (Å²) in [5, 5.41) is 16.6. The van der Waals surface area contributed by atoms with Crippen LogP contribution < -0.4 is 19.7 Å². The second-order valence-electron chi connectivity index (χ2n) is 9.79. The normalized spacial score (nSPS) is 11.4. The highest BCUT2D eigenvalue weighted by molar-refractivity contribution is 7.92. The lowest BCUT2D eigenvalue weighted by atomic mass is 9.87. The molecule has 0 radical (unpaired) electrons. The molecule has 11 nitrogen and oxygen atoms in total. The highest BCUT2D eigenvalue weighted by Crippen LogP contribution is 2.33. The average Bonchev–Trinajstić information content (AvgIpc) is 2.86. The van der Waals surface area contributed by atoms with Gasteiger partial charge in [-0.2, -0.15) is 0 Å². The molecular weight excluding hydrogens is 524 g/mol. The number of hydrogen-bond acceptors (Lipinski definition) is 7. The third kappa shape index (κ3) is 7.54. The third-order valence-electron chi connectivity index (χ3n) is 5.75. The van der Waals surface area contributed by atoms with E-state index in [2.05, 4.69) is 31.4 Å². The summed E-state index contributed by atoms with van der Waals surface area (Å²) in [6.45, 7) is 5.57. The Labute approximate surface area is 227 Å². The molecule has 0 aliphatic carbocycles. The number of ether oxygens (including phenoxy) is 1. The van der Waals surface area contributed by atoms with E-state index in [0.717, 1.165) is 22.2 Å². The minimum absolute atomic E-state index is 0.0408. The highest BCUT2D eigenvalue weighted by Gasteiger charge is 2.26. The molecule has 2 N–H and O–H groups in total. The zero-order valence-electron chi connectivity index (χ0n) is 22.2. The van der Waals surface area contributed by atoms with Crippen molar-refractivity contribution < 1.29 is 27.7 Å². The summed E-state index contributed by atoms with van der Waals surface area (Å²) in [4.78, 5) is 36.1. The molecule has 0 aliphatic rings. The Hall–Kier alpha value is -4.45. The van der Waals surface area contributed by atoms with Gasteiger partial charge in [-0.15, -0.1) is 0 Å². The number of nitrogens with zero attached hydrogens (tertiary/aromatic N) is 2. The van der Waals surface area contributed by atoms with Gasteiger partial charge in [-0.25, -0.2) is 8.42 Å². The van der Waals surface area contributed by atoms with E-state index < -0.39 is 27.4 Å². The Bertz CT molecular complexity index is 1500. The Kier molecular flexibility index (Phi) is 8.60. The Morgan fingerprint density at radius 1 is 0.974 bits per heavy atom. The van der Waals surface area contributed by atoms with Gasteiger partial charge in [0.2, 0.25) is 15.9 Å². The van der Waals surface area contributed by atoms with Gasteiger partial charge in [0.05, 0.1) is 18.3 Å². The fraction of sp³-hybridized carbons (Fsp3) is 0.259. The number of nitrogens with one attached hydrogen (secondary N) is 2. The molecule has 3 aromatic carbocycles. The zero-order valence-corrected chi connectivity index (χ0v) is 23.0. The number of nitro benzene ring substituents is 1. The number of hydrogen-bond donors (Lipinski definition) is 2. The van der Waals surface area contributed by atoms with E-state index >= 15 is 0 Å². The fourth-order valence-corrected chi connectivity index (χ4v) is 4.55. The molecule has 0 atom stereocenters. The molecule has 0 fully saturated rings. The minimum Gasteiger partial charge on any atom is -0.495 e. The first-order valence-electron chi connectivity index (χ1n) is 11.8. The van der Waals surface area contributed by atoms with Gasteiger partial charge in [-0.1, -0.05) is 39.0 Å². The molecule has 39 heavy (non-hydrogen) atoms. The van der Waals surface area contributed by atoms with Gasteiger partial charge >= 0.3 is 0 Å². The number of methoxy groups -OCH3 is 1. The molecule has 0 heterocycles. The van der Waals surface area contributed by atoms with E-state index in [9.17, 15) is 28.1 Å². The summed E-state index contributed by atoms with van der Waals surface area (Å²) < 4.78 is 30.9. The van der Waals surface area contributed by atoms with Crippen LogP contribution in [0.25, 0.3) is 0 Å². The van der Waals surface area contributed by atoms with Gasteiger partial charge in [0, 0.05) is 29.1 Å². The molecule has 0 unspecified atom stereocenters. The van der Waals surface area contributed by atoms with Crippen LogP contribution in [0.5, 0.6) is 5.75 Å². The summed E-state index contributed by atoms with van der Waals surface area (Å²) in [6.07, 6.45) is 0.878. The van der Waals surface area contributed by atoms with Crippen molar-refractivity contribution >= 4 is 44.6 Å². The van der Waals surface area contributed by atoms with E-state index in [4.69, 9.17) is 4.74 Å². The SMILES string of the molecule is COc1ccc([N+](=O)[O-])cc1N(CC(=O)Nc1cccc(NC(=O)c2ccc(C(C)(C)C)cc2)c1)S(C)(=O)=O. The van der Waals surface area contributed by atoms with E-state index in [1.54, 1.807) is 30.3 Å². The lowest BCUT2D eigenvalue weighted by Gasteiger charge is -2.23. The maximum absolute atomic E-state index is 12.8. The van der Waals surface area contributed by atoms with Crippen LogP contribution in [0.3, 0.4) is 0 Å². The summed E-state index contributed by atoms with van der Waals surface area (Å²) in [5.41, 5.74) is 1.72. The van der Waals surface area contributed by atoms with Crippen molar-refractivity contribution in [1.82, 2.24) is 0 Å². The zero-order chi connectivity index (χ0) is 29.0. The topological polar surface area (TPSA) is 148 Å². The summed E-state index contributed by atoms with van der Waals surface area (Å²) in [6, 6.07) is 17.1. The van der Waals surface area contributed by atoms with Crippen molar-refractivity contribution in [2.45, 2.75) is 26.2 Å². The number of rotatable bonds is 9. The number of amides is 2. The monoisotopic (exact) mass is 554 g/mol. The van der Waals surface area contributed by atoms with Gasteiger partial charge in [0.1, 0.15) is 18.0 Å². The molecule has 0 bridgehead atoms. The number of carbonyl (C=O) groups is 2. The quantitative estimate of drug-likeness (QED) is 0.291. The number of carbonyl (C=O) groups excluding carboxylic acids is 2. The average molecular weight is 555 g/mol. The lowest BCUT2D eigenvalue weighted by molar-refractivity contribution is -0.384. The smallest absolute Gasteiger partial charge is 0.271 e. The molecule has 2 amide bonds. The third-order valence-corrected chi connectivity index (χ3v) is 6.87. The first-order valence-corrected chi connectivity index (χ1v) is 13.7. The van der Waals surface area contributed by atoms with Crippen molar-refractivity contribution in [3.8, 4) is 5.75 Å². The maximum Gasteiger partial charge on any atom is 0.271 e.